The number of hydrogen-bond donors (Lipinski definition) is 2. The van der Waals surface area contributed by atoms with Crippen LogP contribution in [0.2, 0.25) is 0 Å². The zero-order valence-corrected chi connectivity index (χ0v) is 13.0. The Labute approximate surface area is 121 Å². The number of nitrogens with one attached hydrogen (secondary N) is 2. The maximum Gasteiger partial charge on any atom is 0.271 e. The SMILES string of the molecule is CNc1cnc(C(=O)NC(CC(C)C)CN(C)C)cn1. The fourth-order valence-electron chi connectivity index (χ4n) is 2.02. The van der Waals surface area contributed by atoms with Gasteiger partial charge in [-0.25, -0.2) is 9.97 Å². The first kappa shape index (κ1) is 16.4. The molecule has 20 heavy (non-hydrogen) atoms. The Kier molecular flexibility index (Phi) is 6.38. The second kappa shape index (κ2) is 7.79. The predicted molar refractivity (Wildman–Crippen MR) is 80.8 cm³/mol. The summed E-state index contributed by atoms with van der Waals surface area (Å²) in [6.45, 7) is 5.11. The fraction of sp³-hybridized carbons (Fsp3) is 0.643. The molecule has 6 nitrogen and oxygen atoms in total. The molecule has 0 aliphatic carbocycles. The van der Waals surface area contributed by atoms with E-state index in [-0.39, 0.29) is 11.9 Å². The van der Waals surface area contributed by atoms with Crippen LogP contribution in [0.5, 0.6) is 0 Å². The minimum absolute atomic E-state index is 0.114. The van der Waals surface area contributed by atoms with E-state index in [1.807, 2.05) is 14.1 Å². The van der Waals surface area contributed by atoms with Crippen molar-refractivity contribution in [1.82, 2.24) is 20.2 Å². The highest BCUT2D eigenvalue weighted by molar-refractivity contribution is 5.92. The molecule has 0 radical (unpaired) electrons. The maximum absolute atomic E-state index is 12.2. The lowest BCUT2D eigenvalue weighted by Gasteiger charge is -2.23. The summed E-state index contributed by atoms with van der Waals surface area (Å²) in [6, 6.07) is 0.114. The van der Waals surface area contributed by atoms with Gasteiger partial charge < -0.3 is 15.5 Å². The van der Waals surface area contributed by atoms with Gasteiger partial charge in [-0.1, -0.05) is 13.8 Å². The van der Waals surface area contributed by atoms with Gasteiger partial charge in [0, 0.05) is 19.6 Å². The summed E-state index contributed by atoms with van der Waals surface area (Å²) >= 11 is 0. The lowest BCUT2D eigenvalue weighted by atomic mass is 10.0. The Balaban J connectivity index is 2.68. The number of rotatable bonds is 7. The molecular formula is C14H25N5O. The molecule has 0 fully saturated rings. The van der Waals surface area contributed by atoms with Crippen LogP contribution in [0.15, 0.2) is 12.4 Å². The first-order chi connectivity index (χ1) is 9.42. The third-order valence-electron chi connectivity index (χ3n) is 2.82. The van der Waals surface area contributed by atoms with Gasteiger partial charge in [-0.05, 0) is 26.4 Å². The third kappa shape index (κ3) is 5.52. The molecule has 1 atom stereocenters. The second-order valence-corrected chi connectivity index (χ2v) is 5.60. The van der Waals surface area contributed by atoms with Crippen molar-refractivity contribution >= 4 is 11.7 Å². The topological polar surface area (TPSA) is 70.2 Å². The largest absolute Gasteiger partial charge is 0.372 e. The number of aromatic nitrogens is 2. The Morgan fingerprint density at radius 1 is 1.30 bits per heavy atom. The molecule has 1 aromatic heterocycles. The van der Waals surface area contributed by atoms with Crippen molar-refractivity contribution in [3.05, 3.63) is 18.1 Å². The highest BCUT2D eigenvalue weighted by Crippen LogP contribution is 2.07. The van der Waals surface area contributed by atoms with Crippen molar-refractivity contribution < 1.29 is 4.79 Å². The van der Waals surface area contributed by atoms with Gasteiger partial charge in [-0.3, -0.25) is 4.79 Å². The van der Waals surface area contributed by atoms with Gasteiger partial charge in [0.25, 0.3) is 5.91 Å². The predicted octanol–water partition coefficient (Wildman–Crippen LogP) is 1.22. The van der Waals surface area contributed by atoms with Crippen LogP contribution in [0.1, 0.15) is 30.8 Å². The number of hydrogen-bond acceptors (Lipinski definition) is 5. The number of carbonyl (C=O) groups excluding carboxylic acids is 1. The molecule has 2 N–H and O–H groups in total. The molecule has 0 bridgehead atoms. The smallest absolute Gasteiger partial charge is 0.271 e. The van der Waals surface area contributed by atoms with Crippen LogP contribution in [0.3, 0.4) is 0 Å². The molecule has 1 aromatic rings. The van der Waals surface area contributed by atoms with Gasteiger partial charge in [-0.15, -0.1) is 0 Å². The third-order valence-corrected chi connectivity index (χ3v) is 2.82. The van der Waals surface area contributed by atoms with Gasteiger partial charge >= 0.3 is 0 Å². The molecule has 1 rings (SSSR count). The summed E-state index contributed by atoms with van der Waals surface area (Å²) in [5.74, 6) is 0.999. The molecule has 0 aliphatic rings. The normalized spacial score (nSPS) is 12.6. The van der Waals surface area contributed by atoms with Crippen LogP contribution in [-0.2, 0) is 0 Å². The van der Waals surface area contributed by atoms with Crippen LogP contribution in [-0.4, -0.2) is 54.5 Å². The number of anilines is 1. The van der Waals surface area contributed by atoms with E-state index in [1.165, 1.54) is 6.20 Å². The van der Waals surface area contributed by atoms with Gasteiger partial charge in [0.15, 0.2) is 0 Å². The summed E-state index contributed by atoms with van der Waals surface area (Å²) in [6.07, 6.45) is 3.98. The zero-order valence-electron chi connectivity index (χ0n) is 13.0. The Bertz CT molecular complexity index is 406. The average Bonchev–Trinajstić information content (AvgIpc) is 2.37. The van der Waals surface area contributed by atoms with Gasteiger partial charge in [0.2, 0.25) is 0 Å². The average molecular weight is 279 g/mol. The van der Waals surface area contributed by atoms with Gasteiger partial charge in [-0.2, -0.15) is 0 Å². The summed E-state index contributed by atoms with van der Waals surface area (Å²) in [7, 11) is 5.77. The summed E-state index contributed by atoms with van der Waals surface area (Å²) < 4.78 is 0. The molecule has 1 unspecified atom stereocenters. The number of amides is 1. The second-order valence-electron chi connectivity index (χ2n) is 5.60. The van der Waals surface area contributed by atoms with Gasteiger partial charge in [0.1, 0.15) is 11.5 Å². The quantitative estimate of drug-likeness (QED) is 0.785. The van der Waals surface area contributed by atoms with Crippen LogP contribution < -0.4 is 10.6 Å². The number of likely N-dealkylation sites (N-methyl/N-ethyl adjacent to an activating group) is 1. The minimum atomic E-state index is -0.173. The van der Waals surface area contributed by atoms with Crippen molar-refractivity contribution in [2.75, 3.05) is 33.0 Å². The molecule has 0 aromatic carbocycles. The highest BCUT2D eigenvalue weighted by atomic mass is 16.1. The van der Waals surface area contributed by atoms with E-state index in [4.69, 9.17) is 0 Å². The molecule has 0 saturated carbocycles. The molecule has 0 spiro atoms. The van der Waals surface area contributed by atoms with Crippen LogP contribution in [0.25, 0.3) is 0 Å². The first-order valence-corrected chi connectivity index (χ1v) is 6.87. The van der Waals surface area contributed by atoms with E-state index in [2.05, 4.69) is 39.3 Å². The van der Waals surface area contributed by atoms with E-state index < -0.39 is 0 Å². The fourth-order valence-corrected chi connectivity index (χ4v) is 2.02. The molecular weight excluding hydrogens is 254 g/mol. The highest BCUT2D eigenvalue weighted by Gasteiger charge is 2.17. The molecule has 112 valence electrons. The summed E-state index contributed by atoms with van der Waals surface area (Å²) in [5, 5.41) is 5.90. The first-order valence-electron chi connectivity index (χ1n) is 6.87. The minimum Gasteiger partial charge on any atom is -0.372 e. The Hall–Kier alpha value is -1.69. The van der Waals surface area contributed by atoms with Crippen molar-refractivity contribution in [3.63, 3.8) is 0 Å². The zero-order chi connectivity index (χ0) is 15.1. The molecule has 1 amide bonds. The standard InChI is InChI=1S/C14H25N5O/c1-10(2)6-11(9-19(4)5)18-14(20)12-7-17-13(15-3)8-16-12/h7-8,10-11H,6,9H2,1-5H3,(H,15,17)(H,18,20). The summed E-state index contributed by atoms with van der Waals surface area (Å²) in [4.78, 5) is 22.5. The van der Waals surface area contributed by atoms with Crippen LogP contribution in [0.4, 0.5) is 5.82 Å². The molecule has 1 heterocycles. The van der Waals surface area contributed by atoms with E-state index in [1.54, 1.807) is 13.2 Å². The lowest BCUT2D eigenvalue weighted by molar-refractivity contribution is 0.0919. The monoisotopic (exact) mass is 279 g/mol. The maximum atomic E-state index is 12.2. The molecule has 6 heteroatoms. The van der Waals surface area contributed by atoms with Crippen LogP contribution >= 0.6 is 0 Å². The Morgan fingerprint density at radius 2 is 2.00 bits per heavy atom. The van der Waals surface area contributed by atoms with Crippen molar-refractivity contribution in [1.29, 1.82) is 0 Å². The van der Waals surface area contributed by atoms with E-state index in [9.17, 15) is 4.79 Å². The Morgan fingerprint density at radius 3 is 2.45 bits per heavy atom. The van der Waals surface area contributed by atoms with Crippen molar-refractivity contribution in [3.8, 4) is 0 Å². The lowest BCUT2D eigenvalue weighted by Crippen LogP contribution is -2.42. The molecule has 0 saturated heterocycles. The van der Waals surface area contributed by atoms with Crippen molar-refractivity contribution in [2.24, 2.45) is 5.92 Å². The van der Waals surface area contributed by atoms with Gasteiger partial charge in [0.05, 0.1) is 12.4 Å². The van der Waals surface area contributed by atoms with Crippen LogP contribution in [0, 0.1) is 5.92 Å². The van der Waals surface area contributed by atoms with E-state index in [0.717, 1.165) is 13.0 Å². The van der Waals surface area contributed by atoms with E-state index >= 15 is 0 Å². The van der Waals surface area contributed by atoms with Crippen molar-refractivity contribution in [2.45, 2.75) is 26.3 Å². The number of carbonyl (C=O) groups is 1. The summed E-state index contributed by atoms with van der Waals surface area (Å²) in [5.41, 5.74) is 0.344. The number of nitrogens with zero attached hydrogens (tertiary/aromatic N) is 3. The van der Waals surface area contributed by atoms with E-state index in [0.29, 0.717) is 17.4 Å². The molecule has 0 aliphatic heterocycles.